The summed E-state index contributed by atoms with van der Waals surface area (Å²) in [5.41, 5.74) is 2.19. The second-order valence-corrected chi connectivity index (χ2v) is 8.02. The summed E-state index contributed by atoms with van der Waals surface area (Å²) in [7, 11) is 3.58. The van der Waals surface area contributed by atoms with Gasteiger partial charge in [-0.15, -0.1) is 0 Å². The molecule has 7 nitrogen and oxygen atoms in total. The molecule has 2 aromatic rings. The van der Waals surface area contributed by atoms with E-state index < -0.39 is 0 Å². The number of hydrogen-bond donors (Lipinski definition) is 1. The third-order valence-corrected chi connectivity index (χ3v) is 5.95. The Morgan fingerprint density at radius 3 is 3.03 bits per heavy atom. The Labute approximate surface area is 172 Å². The predicted octanol–water partition coefficient (Wildman–Crippen LogP) is 1.94. The number of aromatic nitrogens is 2. The van der Waals surface area contributed by atoms with Gasteiger partial charge in [0.1, 0.15) is 5.75 Å². The van der Waals surface area contributed by atoms with Crippen LogP contribution in [0.25, 0.3) is 0 Å². The fraction of sp³-hybridized carbons (Fsp3) is 0.545. The number of nitrogens with one attached hydrogen (secondary N) is 1. The monoisotopic (exact) mass is 398 g/mol. The van der Waals surface area contributed by atoms with Crippen LogP contribution < -0.4 is 10.1 Å². The van der Waals surface area contributed by atoms with Crippen molar-refractivity contribution in [2.24, 2.45) is 13.0 Å². The zero-order chi connectivity index (χ0) is 20.2. The molecule has 2 fully saturated rings. The standard InChI is InChI=1S/C22H30N4O3/c1-25-14-17(10-24-25)20-11-23-12-21(20)22(27)26(15-19-7-4-8-29-19)13-16-5-3-6-18(9-16)28-2/h3,5-6,9-10,14,19-21,23H,4,7-8,11-13,15H2,1-2H3/t19?,20-,21+/m1/s1. The van der Waals surface area contributed by atoms with Crippen molar-refractivity contribution < 1.29 is 14.3 Å². The number of methoxy groups -OCH3 is 1. The summed E-state index contributed by atoms with van der Waals surface area (Å²) < 4.78 is 13.0. The van der Waals surface area contributed by atoms with Crippen LogP contribution in [0.2, 0.25) is 0 Å². The first-order valence-electron chi connectivity index (χ1n) is 10.4. The smallest absolute Gasteiger partial charge is 0.228 e. The van der Waals surface area contributed by atoms with Crippen molar-refractivity contribution in [3.63, 3.8) is 0 Å². The molecule has 156 valence electrons. The third kappa shape index (κ3) is 4.62. The Bertz CT molecular complexity index is 831. The Morgan fingerprint density at radius 1 is 1.41 bits per heavy atom. The zero-order valence-electron chi connectivity index (χ0n) is 17.2. The van der Waals surface area contributed by atoms with E-state index in [2.05, 4.69) is 10.4 Å². The van der Waals surface area contributed by atoms with Crippen molar-refractivity contribution in [1.29, 1.82) is 0 Å². The van der Waals surface area contributed by atoms with Gasteiger partial charge >= 0.3 is 0 Å². The number of carbonyl (C=O) groups is 1. The van der Waals surface area contributed by atoms with Crippen LogP contribution >= 0.6 is 0 Å². The molecule has 2 saturated heterocycles. The SMILES string of the molecule is COc1cccc(CN(CC2CCCO2)C(=O)[C@H]2CNC[C@@H]2c2cnn(C)c2)c1. The molecule has 3 heterocycles. The van der Waals surface area contributed by atoms with E-state index in [1.165, 1.54) is 0 Å². The Kier molecular flexibility index (Phi) is 6.16. The molecule has 0 aliphatic carbocycles. The maximum absolute atomic E-state index is 13.7. The number of hydrogen-bond acceptors (Lipinski definition) is 5. The number of aryl methyl sites for hydroxylation is 1. The van der Waals surface area contributed by atoms with Crippen LogP contribution in [-0.4, -0.2) is 60.0 Å². The molecule has 1 aromatic heterocycles. The van der Waals surface area contributed by atoms with Crippen LogP contribution in [0.4, 0.5) is 0 Å². The Morgan fingerprint density at radius 2 is 2.31 bits per heavy atom. The van der Waals surface area contributed by atoms with Crippen molar-refractivity contribution in [2.45, 2.75) is 31.4 Å². The molecule has 4 rings (SSSR count). The molecular weight excluding hydrogens is 368 g/mol. The van der Waals surface area contributed by atoms with Crippen LogP contribution in [0, 0.1) is 5.92 Å². The van der Waals surface area contributed by atoms with E-state index in [-0.39, 0.29) is 23.8 Å². The van der Waals surface area contributed by atoms with Crippen molar-refractivity contribution in [3.05, 3.63) is 47.8 Å². The van der Waals surface area contributed by atoms with Crippen molar-refractivity contribution in [3.8, 4) is 5.75 Å². The number of rotatable bonds is 7. The fourth-order valence-corrected chi connectivity index (χ4v) is 4.41. The molecule has 2 aliphatic heterocycles. The molecule has 0 spiro atoms. The van der Waals surface area contributed by atoms with Gasteiger partial charge in [0.2, 0.25) is 5.91 Å². The number of ether oxygens (including phenoxy) is 2. The van der Waals surface area contributed by atoms with Crippen molar-refractivity contribution in [1.82, 2.24) is 20.0 Å². The zero-order valence-corrected chi connectivity index (χ0v) is 17.2. The molecule has 3 atom stereocenters. The fourth-order valence-electron chi connectivity index (χ4n) is 4.41. The molecule has 1 unspecified atom stereocenters. The van der Waals surface area contributed by atoms with Gasteiger partial charge in [0.15, 0.2) is 0 Å². The highest BCUT2D eigenvalue weighted by molar-refractivity contribution is 5.80. The van der Waals surface area contributed by atoms with E-state index in [9.17, 15) is 4.79 Å². The van der Waals surface area contributed by atoms with Gasteiger partial charge in [0.25, 0.3) is 0 Å². The largest absolute Gasteiger partial charge is 0.497 e. The maximum Gasteiger partial charge on any atom is 0.228 e. The van der Waals surface area contributed by atoms with Crippen LogP contribution in [0.1, 0.15) is 29.9 Å². The van der Waals surface area contributed by atoms with E-state index in [4.69, 9.17) is 9.47 Å². The predicted molar refractivity (Wildman–Crippen MR) is 110 cm³/mol. The van der Waals surface area contributed by atoms with Crippen LogP contribution in [0.5, 0.6) is 5.75 Å². The minimum atomic E-state index is -0.0915. The minimum absolute atomic E-state index is 0.0915. The van der Waals surface area contributed by atoms with E-state index >= 15 is 0 Å². The van der Waals surface area contributed by atoms with E-state index in [1.807, 2.05) is 48.6 Å². The van der Waals surface area contributed by atoms with Crippen LogP contribution in [0.3, 0.4) is 0 Å². The van der Waals surface area contributed by atoms with Gasteiger partial charge in [-0.2, -0.15) is 5.10 Å². The molecule has 1 amide bonds. The number of benzene rings is 1. The Hall–Kier alpha value is -2.38. The summed E-state index contributed by atoms with van der Waals surface area (Å²) in [4.78, 5) is 15.6. The molecule has 0 saturated carbocycles. The highest BCUT2D eigenvalue weighted by Gasteiger charge is 2.38. The topological polar surface area (TPSA) is 68.6 Å². The number of amides is 1. The van der Waals surface area contributed by atoms with Gasteiger partial charge in [-0.3, -0.25) is 9.48 Å². The lowest BCUT2D eigenvalue weighted by molar-refractivity contribution is -0.137. The maximum atomic E-state index is 13.7. The average molecular weight is 399 g/mol. The van der Waals surface area contributed by atoms with Gasteiger partial charge in [-0.25, -0.2) is 0 Å². The minimum Gasteiger partial charge on any atom is -0.497 e. The summed E-state index contributed by atoms with van der Waals surface area (Å²) in [5.74, 6) is 1.05. The molecule has 2 aliphatic rings. The van der Waals surface area contributed by atoms with Gasteiger partial charge < -0.3 is 19.7 Å². The summed E-state index contributed by atoms with van der Waals surface area (Å²) in [5, 5.41) is 7.71. The highest BCUT2D eigenvalue weighted by Crippen LogP contribution is 2.30. The lowest BCUT2D eigenvalue weighted by Gasteiger charge is -2.30. The average Bonchev–Trinajstić information content (AvgIpc) is 3.48. The summed E-state index contributed by atoms with van der Waals surface area (Å²) in [6.45, 7) is 3.47. The first-order chi connectivity index (χ1) is 14.1. The summed E-state index contributed by atoms with van der Waals surface area (Å²) in [6.07, 6.45) is 6.09. The van der Waals surface area contributed by atoms with Gasteiger partial charge in [0, 0.05) is 51.9 Å². The van der Waals surface area contributed by atoms with Crippen LogP contribution in [0.15, 0.2) is 36.7 Å². The number of carbonyl (C=O) groups excluding carboxylic acids is 1. The summed E-state index contributed by atoms with van der Waals surface area (Å²) in [6, 6.07) is 7.94. The lowest BCUT2D eigenvalue weighted by Crippen LogP contribution is -2.42. The number of nitrogens with zero attached hydrogens (tertiary/aromatic N) is 3. The lowest BCUT2D eigenvalue weighted by atomic mass is 9.89. The van der Waals surface area contributed by atoms with E-state index in [0.717, 1.165) is 42.9 Å². The molecule has 0 bridgehead atoms. The molecule has 1 N–H and O–H groups in total. The molecule has 7 heteroatoms. The van der Waals surface area contributed by atoms with Crippen molar-refractivity contribution >= 4 is 5.91 Å². The highest BCUT2D eigenvalue weighted by atomic mass is 16.5. The first-order valence-corrected chi connectivity index (χ1v) is 10.4. The van der Waals surface area contributed by atoms with Gasteiger partial charge in [-0.1, -0.05) is 12.1 Å². The first kappa shape index (κ1) is 19.9. The molecule has 29 heavy (non-hydrogen) atoms. The second kappa shape index (κ2) is 8.97. The van der Waals surface area contributed by atoms with E-state index in [1.54, 1.807) is 11.8 Å². The molecular formula is C22H30N4O3. The normalized spacial score (nSPS) is 24.0. The summed E-state index contributed by atoms with van der Waals surface area (Å²) >= 11 is 0. The second-order valence-electron chi connectivity index (χ2n) is 8.02. The molecule has 0 radical (unpaired) electrons. The van der Waals surface area contributed by atoms with E-state index in [0.29, 0.717) is 19.6 Å². The van der Waals surface area contributed by atoms with Crippen molar-refractivity contribution in [2.75, 3.05) is 33.4 Å². The quantitative estimate of drug-likeness (QED) is 0.772. The Balaban J connectivity index is 1.54. The molecule has 1 aromatic carbocycles. The van der Waals surface area contributed by atoms with Crippen LogP contribution in [-0.2, 0) is 23.1 Å². The third-order valence-electron chi connectivity index (χ3n) is 5.95. The van der Waals surface area contributed by atoms with Gasteiger partial charge in [-0.05, 0) is 36.1 Å². The van der Waals surface area contributed by atoms with Gasteiger partial charge in [0.05, 0.1) is 25.3 Å².